The summed E-state index contributed by atoms with van der Waals surface area (Å²) in [5, 5.41) is 3.26. The van der Waals surface area contributed by atoms with Crippen LogP contribution in [0.15, 0.2) is 84.9 Å². The van der Waals surface area contributed by atoms with Gasteiger partial charge >= 0.3 is 0 Å². The molecule has 0 radical (unpaired) electrons. The molecule has 1 unspecified atom stereocenters. The number of nitrogens with zero attached hydrogens (tertiary/aromatic N) is 1. The predicted molar refractivity (Wildman–Crippen MR) is 150 cm³/mol. The molecule has 0 aliphatic heterocycles. The van der Waals surface area contributed by atoms with Gasteiger partial charge in [0.2, 0.25) is 5.91 Å². The molecule has 3 atom stereocenters. The molecule has 5 heteroatoms. The highest BCUT2D eigenvalue weighted by Gasteiger charge is 2.34. The van der Waals surface area contributed by atoms with Crippen LogP contribution in [0, 0.1) is 5.92 Å². The van der Waals surface area contributed by atoms with Gasteiger partial charge in [-0.3, -0.25) is 9.59 Å². The first kappa shape index (κ1) is 26.0. The SMILES string of the molecule is C[C@H](NC(=O)[C@H]1CCCCC1c1ccc(CN(C(=O)COc2ccccc2)C2CC2)cc1)c1ccccc1. The van der Waals surface area contributed by atoms with Crippen LogP contribution in [0.3, 0.4) is 0 Å². The lowest BCUT2D eigenvalue weighted by molar-refractivity contribution is -0.134. The van der Waals surface area contributed by atoms with E-state index < -0.39 is 0 Å². The molecule has 0 heterocycles. The van der Waals surface area contributed by atoms with Gasteiger partial charge in [-0.2, -0.15) is 0 Å². The summed E-state index contributed by atoms with van der Waals surface area (Å²) in [5.41, 5.74) is 3.46. The van der Waals surface area contributed by atoms with Crippen LogP contribution in [-0.2, 0) is 16.1 Å². The molecule has 2 aliphatic rings. The molecule has 198 valence electrons. The van der Waals surface area contributed by atoms with Crippen molar-refractivity contribution in [3.8, 4) is 5.75 Å². The van der Waals surface area contributed by atoms with Gasteiger partial charge in [-0.15, -0.1) is 0 Å². The number of benzene rings is 3. The summed E-state index contributed by atoms with van der Waals surface area (Å²) in [5.74, 6) is 1.10. The average molecular weight is 511 g/mol. The maximum absolute atomic E-state index is 13.3. The van der Waals surface area contributed by atoms with Crippen molar-refractivity contribution in [3.63, 3.8) is 0 Å². The number of rotatable bonds is 10. The molecule has 1 N–H and O–H groups in total. The number of carbonyl (C=O) groups is 2. The Balaban J connectivity index is 1.21. The minimum absolute atomic E-state index is 0.00883. The zero-order valence-electron chi connectivity index (χ0n) is 22.2. The molecule has 3 aromatic rings. The molecule has 5 rings (SSSR count). The van der Waals surface area contributed by atoms with E-state index in [0.717, 1.165) is 49.7 Å². The van der Waals surface area contributed by atoms with Crippen molar-refractivity contribution in [3.05, 3.63) is 102 Å². The Morgan fingerprint density at radius 3 is 2.21 bits per heavy atom. The quantitative estimate of drug-likeness (QED) is 0.343. The van der Waals surface area contributed by atoms with Crippen LogP contribution in [0.4, 0.5) is 0 Å². The molecule has 2 fully saturated rings. The van der Waals surface area contributed by atoms with Crippen molar-refractivity contribution in [2.45, 2.75) is 70.0 Å². The first-order valence-corrected chi connectivity index (χ1v) is 14.0. The van der Waals surface area contributed by atoms with E-state index in [1.54, 1.807) is 0 Å². The molecular formula is C33H38N2O3. The van der Waals surface area contributed by atoms with E-state index in [2.05, 4.69) is 48.6 Å². The lowest BCUT2D eigenvalue weighted by Crippen LogP contribution is -2.37. The summed E-state index contributed by atoms with van der Waals surface area (Å²) in [6.07, 6.45) is 6.29. The fraction of sp³-hybridized carbons (Fsp3) is 0.394. The lowest BCUT2D eigenvalue weighted by Gasteiger charge is -2.32. The van der Waals surface area contributed by atoms with Gasteiger partial charge in [0.25, 0.3) is 5.91 Å². The molecule has 2 amide bonds. The van der Waals surface area contributed by atoms with E-state index >= 15 is 0 Å². The number of nitrogens with one attached hydrogen (secondary N) is 1. The fourth-order valence-corrected chi connectivity index (χ4v) is 5.61. The predicted octanol–water partition coefficient (Wildman–Crippen LogP) is 6.41. The highest BCUT2D eigenvalue weighted by atomic mass is 16.5. The first-order valence-electron chi connectivity index (χ1n) is 14.0. The van der Waals surface area contributed by atoms with Gasteiger partial charge < -0.3 is 15.0 Å². The Morgan fingerprint density at radius 1 is 0.868 bits per heavy atom. The number of hydrogen-bond donors (Lipinski definition) is 1. The Bertz CT molecular complexity index is 1190. The van der Waals surface area contributed by atoms with Gasteiger partial charge in [-0.05, 0) is 67.3 Å². The molecular weight excluding hydrogens is 472 g/mol. The van der Waals surface area contributed by atoms with Crippen LogP contribution in [0.25, 0.3) is 0 Å². The van der Waals surface area contributed by atoms with Gasteiger partial charge in [-0.1, -0.05) is 85.6 Å². The second-order valence-corrected chi connectivity index (χ2v) is 10.7. The maximum atomic E-state index is 13.3. The van der Waals surface area contributed by atoms with E-state index in [-0.39, 0.29) is 36.3 Å². The van der Waals surface area contributed by atoms with Crippen LogP contribution >= 0.6 is 0 Å². The third-order valence-corrected chi connectivity index (χ3v) is 7.94. The zero-order valence-corrected chi connectivity index (χ0v) is 22.2. The maximum Gasteiger partial charge on any atom is 0.261 e. The van der Waals surface area contributed by atoms with Crippen molar-refractivity contribution in [2.75, 3.05) is 6.61 Å². The minimum atomic E-state index is -0.0135. The van der Waals surface area contributed by atoms with Crippen LogP contribution in [0.2, 0.25) is 0 Å². The molecule has 2 saturated carbocycles. The third kappa shape index (κ3) is 6.63. The summed E-state index contributed by atoms with van der Waals surface area (Å²) in [4.78, 5) is 28.3. The molecule has 38 heavy (non-hydrogen) atoms. The van der Waals surface area contributed by atoms with E-state index in [1.165, 1.54) is 5.56 Å². The normalized spacial score (nSPS) is 19.8. The number of amides is 2. The molecule has 0 spiro atoms. The van der Waals surface area contributed by atoms with Gasteiger partial charge in [-0.25, -0.2) is 0 Å². The molecule has 2 aliphatic carbocycles. The monoisotopic (exact) mass is 510 g/mol. The highest BCUT2D eigenvalue weighted by molar-refractivity contribution is 5.80. The van der Waals surface area contributed by atoms with E-state index in [9.17, 15) is 9.59 Å². The number of para-hydroxylation sites is 1. The smallest absolute Gasteiger partial charge is 0.261 e. The van der Waals surface area contributed by atoms with Gasteiger partial charge in [0.05, 0.1) is 6.04 Å². The molecule has 0 saturated heterocycles. The third-order valence-electron chi connectivity index (χ3n) is 7.94. The lowest BCUT2D eigenvalue weighted by atomic mass is 9.74. The summed E-state index contributed by atoms with van der Waals surface area (Å²) < 4.78 is 5.72. The van der Waals surface area contributed by atoms with Crippen molar-refractivity contribution >= 4 is 11.8 Å². The molecule has 3 aromatic carbocycles. The topological polar surface area (TPSA) is 58.6 Å². The van der Waals surface area contributed by atoms with Crippen LogP contribution in [0.1, 0.15) is 74.1 Å². The van der Waals surface area contributed by atoms with Gasteiger partial charge in [0, 0.05) is 18.5 Å². The van der Waals surface area contributed by atoms with Crippen LogP contribution < -0.4 is 10.1 Å². The van der Waals surface area contributed by atoms with Gasteiger partial charge in [0.1, 0.15) is 5.75 Å². The summed E-state index contributed by atoms with van der Waals surface area (Å²) in [7, 11) is 0. The van der Waals surface area contributed by atoms with Crippen molar-refractivity contribution < 1.29 is 14.3 Å². The average Bonchev–Trinajstić information content (AvgIpc) is 3.81. The van der Waals surface area contributed by atoms with Gasteiger partial charge in [0.15, 0.2) is 6.61 Å². The number of ether oxygens (including phenoxy) is 1. The largest absolute Gasteiger partial charge is 0.484 e. The van der Waals surface area contributed by atoms with Crippen LogP contribution in [-0.4, -0.2) is 29.4 Å². The second-order valence-electron chi connectivity index (χ2n) is 10.7. The van der Waals surface area contributed by atoms with E-state index in [0.29, 0.717) is 18.3 Å². The van der Waals surface area contributed by atoms with Crippen LogP contribution in [0.5, 0.6) is 5.75 Å². The minimum Gasteiger partial charge on any atom is -0.484 e. The summed E-state index contributed by atoms with van der Waals surface area (Å²) in [6, 6.07) is 28.5. The van der Waals surface area contributed by atoms with Crippen molar-refractivity contribution in [2.24, 2.45) is 5.92 Å². The Morgan fingerprint density at radius 2 is 1.53 bits per heavy atom. The second kappa shape index (κ2) is 12.3. The fourth-order valence-electron chi connectivity index (χ4n) is 5.61. The van der Waals surface area contributed by atoms with Crippen molar-refractivity contribution in [1.29, 1.82) is 0 Å². The summed E-state index contributed by atoms with van der Waals surface area (Å²) >= 11 is 0. The van der Waals surface area contributed by atoms with E-state index in [4.69, 9.17) is 4.74 Å². The Labute approximate surface area is 226 Å². The standard InChI is InChI=1S/C33H38N2O3/c1-24(26-10-4-2-5-11-26)34-33(37)31-15-9-8-14-30(31)27-18-16-25(17-19-27)22-35(28-20-21-28)32(36)23-38-29-12-6-3-7-13-29/h2-7,10-13,16-19,24,28,30-31H,8-9,14-15,20-23H2,1H3,(H,34,37)/t24-,30?,31-/m0/s1. The first-order chi connectivity index (χ1) is 18.6. The zero-order chi connectivity index (χ0) is 26.3. The highest BCUT2D eigenvalue weighted by Crippen LogP contribution is 2.38. The number of carbonyl (C=O) groups excluding carboxylic acids is 2. The molecule has 5 nitrogen and oxygen atoms in total. The van der Waals surface area contributed by atoms with E-state index in [1.807, 2.05) is 53.4 Å². The molecule has 0 bridgehead atoms. The molecule has 0 aromatic heterocycles. The Hall–Kier alpha value is -3.60. The van der Waals surface area contributed by atoms with Crippen molar-refractivity contribution in [1.82, 2.24) is 10.2 Å². The number of hydrogen-bond acceptors (Lipinski definition) is 3. The summed E-state index contributed by atoms with van der Waals surface area (Å²) in [6.45, 7) is 2.70. The Kier molecular flexibility index (Phi) is 8.42.